The lowest BCUT2D eigenvalue weighted by Crippen LogP contribution is -2.27. The summed E-state index contributed by atoms with van der Waals surface area (Å²) in [6.45, 7) is 0. The molecule has 2 rings (SSSR count). The van der Waals surface area contributed by atoms with Crippen molar-refractivity contribution in [2.45, 2.75) is 30.6 Å². The lowest BCUT2D eigenvalue weighted by molar-refractivity contribution is 0.381. The summed E-state index contributed by atoms with van der Waals surface area (Å²) in [7, 11) is 1.48. The van der Waals surface area contributed by atoms with E-state index in [0.717, 1.165) is 12.2 Å². The topological polar surface area (TPSA) is 35.2 Å². The van der Waals surface area contributed by atoms with Gasteiger partial charge in [0.05, 0.1) is 7.11 Å². The third-order valence-electron chi connectivity index (χ3n) is 3.19. The van der Waals surface area contributed by atoms with Crippen LogP contribution in [-0.4, -0.2) is 18.1 Å². The normalized spacial score (nSPS) is 22.2. The van der Waals surface area contributed by atoms with Crippen LogP contribution in [0.3, 0.4) is 0 Å². The molecule has 2 unspecified atom stereocenters. The quantitative estimate of drug-likeness (QED) is 0.901. The highest BCUT2D eigenvalue weighted by molar-refractivity contribution is 8.00. The second kappa shape index (κ2) is 5.74. The highest BCUT2D eigenvalue weighted by Crippen LogP contribution is 2.35. The lowest BCUT2D eigenvalue weighted by atomic mass is 9.99. The summed E-state index contributed by atoms with van der Waals surface area (Å²) in [4.78, 5) is 0. The Morgan fingerprint density at radius 3 is 2.94 bits per heavy atom. The lowest BCUT2D eigenvalue weighted by Gasteiger charge is -2.27. The van der Waals surface area contributed by atoms with Gasteiger partial charge >= 0.3 is 0 Å². The van der Waals surface area contributed by atoms with Gasteiger partial charge < -0.3 is 10.5 Å². The first-order chi connectivity index (χ1) is 8.24. The zero-order chi connectivity index (χ0) is 12.3. The Hall–Kier alpha value is -0.740. The summed E-state index contributed by atoms with van der Waals surface area (Å²) in [6.07, 6.45) is 3.51. The summed E-state index contributed by atoms with van der Waals surface area (Å²) in [5.74, 6) is 1.09. The van der Waals surface area contributed by atoms with Crippen molar-refractivity contribution in [3.05, 3.63) is 29.6 Å². The van der Waals surface area contributed by atoms with E-state index in [4.69, 9.17) is 10.5 Å². The molecule has 1 heterocycles. The molecule has 0 radical (unpaired) electrons. The number of halogens is 1. The minimum atomic E-state index is -0.311. The summed E-state index contributed by atoms with van der Waals surface area (Å²) in [6, 6.07) is 4.94. The van der Waals surface area contributed by atoms with Gasteiger partial charge in [-0.2, -0.15) is 11.8 Å². The molecule has 2 atom stereocenters. The fraction of sp³-hybridized carbons (Fsp3) is 0.538. The van der Waals surface area contributed by atoms with Crippen molar-refractivity contribution in [1.82, 2.24) is 0 Å². The van der Waals surface area contributed by atoms with Crippen molar-refractivity contribution >= 4 is 11.8 Å². The molecule has 0 spiro atoms. The van der Waals surface area contributed by atoms with Crippen LogP contribution in [0.5, 0.6) is 5.75 Å². The maximum absolute atomic E-state index is 14.1. The van der Waals surface area contributed by atoms with Crippen LogP contribution in [0, 0.1) is 5.82 Å². The van der Waals surface area contributed by atoms with Crippen LogP contribution in [0.1, 0.15) is 30.9 Å². The van der Waals surface area contributed by atoms with Gasteiger partial charge in [0.1, 0.15) is 0 Å². The summed E-state index contributed by atoms with van der Waals surface area (Å²) < 4.78 is 19.0. The molecule has 0 bridgehead atoms. The molecule has 2 N–H and O–H groups in total. The maximum atomic E-state index is 14.1. The molecular weight excluding hydrogens is 237 g/mol. The van der Waals surface area contributed by atoms with Crippen LogP contribution < -0.4 is 10.5 Å². The van der Waals surface area contributed by atoms with Crippen molar-refractivity contribution < 1.29 is 9.13 Å². The molecule has 0 saturated carbocycles. The molecule has 1 saturated heterocycles. The molecule has 1 fully saturated rings. The third-order valence-corrected chi connectivity index (χ3v) is 4.67. The van der Waals surface area contributed by atoms with Crippen LogP contribution >= 0.6 is 11.8 Å². The number of ether oxygens (including phenoxy) is 1. The predicted molar refractivity (Wildman–Crippen MR) is 70.0 cm³/mol. The first-order valence-electron chi connectivity index (χ1n) is 5.93. The third kappa shape index (κ3) is 2.75. The SMILES string of the molecule is COc1cccc(C(N)C2CCCCS2)c1F. The van der Waals surface area contributed by atoms with Gasteiger partial charge in [0.15, 0.2) is 11.6 Å². The maximum Gasteiger partial charge on any atom is 0.169 e. The molecule has 17 heavy (non-hydrogen) atoms. The average molecular weight is 255 g/mol. The van der Waals surface area contributed by atoms with Crippen LogP contribution in [0.25, 0.3) is 0 Å². The number of methoxy groups -OCH3 is 1. The average Bonchev–Trinajstić information content (AvgIpc) is 2.39. The predicted octanol–water partition coefficient (Wildman–Crippen LogP) is 3.12. The summed E-state index contributed by atoms with van der Waals surface area (Å²) >= 11 is 1.86. The number of nitrogens with two attached hydrogens (primary N) is 1. The Kier molecular flexibility index (Phi) is 4.29. The Labute approximate surface area is 106 Å². The fourth-order valence-corrected chi connectivity index (χ4v) is 3.55. The van der Waals surface area contributed by atoms with E-state index in [0.29, 0.717) is 10.8 Å². The van der Waals surface area contributed by atoms with E-state index in [1.165, 1.54) is 20.0 Å². The first kappa shape index (κ1) is 12.7. The summed E-state index contributed by atoms with van der Waals surface area (Å²) in [5, 5.41) is 0.324. The van der Waals surface area contributed by atoms with Gasteiger partial charge in [-0.05, 0) is 24.7 Å². The van der Waals surface area contributed by atoms with E-state index in [-0.39, 0.29) is 17.6 Å². The van der Waals surface area contributed by atoms with E-state index >= 15 is 0 Å². The monoisotopic (exact) mass is 255 g/mol. The molecule has 0 aliphatic carbocycles. The molecule has 1 aliphatic rings. The second-order valence-electron chi connectivity index (χ2n) is 4.29. The van der Waals surface area contributed by atoms with Gasteiger partial charge in [-0.1, -0.05) is 18.6 Å². The fourth-order valence-electron chi connectivity index (χ4n) is 2.19. The Balaban J connectivity index is 2.20. The molecule has 94 valence electrons. The van der Waals surface area contributed by atoms with Gasteiger partial charge in [-0.15, -0.1) is 0 Å². The number of rotatable bonds is 3. The number of hydrogen-bond acceptors (Lipinski definition) is 3. The van der Waals surface area contributed by atoms with Crippen molar-refractivity contribution in [2.75, 3.05) is 12.9 Å². The van der Waals surface area contributed by atoms with Gasteiger partial charge in [0, 0.05) is 16.9 Å². The van der Waals surface area contributed by atoms with E-state index in [1.807, 2.05) is 11.8 Å². The summed E-state index contributed by atoms with van der Waals surface area (Å²) in [5.41, 5.74) is 6.75. The molecule has 0 amide bonds. The minimum absolute atomic E-state index is 0.240. The van der Waals surface area contributed by atoms with Gasteiger partial charge in [0.2, 0.25) is 0 Å². The minimum Gasteiger partial charge on any atom is -0.494 e. The van der Waals surface area contributed by atoms with Crippen LogP contribution in [-0.2, 0) is 0 Å². The molecule has 2 nitrogen and oxygen atoms in total. The zero-order valence-corrected chi connectivity index (χ0v) is 10.8. The highest BCUT2D eigenvalue weighted by Gasteiger charge is 2.25. The second-order valence-corrected chi connectivity index (χ2v) is 5.64. The van der Waals surface area contributed by atoms with Crippen LogP contribution in [0.4, 0.5) is 4.39 Å². The smallest absolute Gasteiger partial charge is 0.169 e. The van der Waals surface area contributed by atoms with Crippen molar-refractivity contribution in [2.24, 2.45) is 5.73 Å². The zero-order valence-electron chi connectivity index (χ0n) is 9.99. The van der Waals surface area contributed by atoms with Crippen molar-refractivity contribution in [3.63, 3.8) is 0 Å². The molecular formula is C13H18FNOS. The van der Waals surface area contributed by atoms with E-state index in [1.54, 1.807) is 18.2 Å². The number of benzene rings is 1. The molecule has 4 heteroatoms. The van der Waals surface area contributed by atoms with E-state index in [9.17, 15) is 4.39 Å². The van der Waals surface area contributed by atoms with Crippen LogP contribution in [0.15, 0.2) is 18.2 Å². The Bertz CT molecular complexity index is 380. The van der Waals surface area contributed by atoms with E-state index in [2.05, 4.69) is 0 Å². The number of hydrogen-bond donors (Lipinski definition) is 1. The van der Waals surface area contributed by atoms with Gasteiger partial charge in [-0.3, -0.25) is 0 Å². The van der Waals surface area contributed by atoms with Crippen LogP contribution in [0.2, 0.25) is 0 Å². The van der Waals surface area contributed by atoms with E-state index < -0.39 is 0 Å². The molecule has 0 aromatic heterocycles. The largest absolute Gasteiger partial charge is 0.494 e. The molecule has 1 aromatic carbocycles. The molecule has 1 aromatic rings. The Morgan fingerprint density at radius 2 is 2.29 bits per heavy atom. The first-order valence-corrected chi connectivity index (χ1v) is 6.98. The van der Waals surface area contributed by atoms with Gasteiger partial charge in [0.25, 0.3) is 0 Å². The standard InChI is InChI=1S/C13H18FNOS/c1-16-10-6-4-5-9(12(10)14)13(15)11-7-2-3-8-17-11/h4-6,11,13H,2-3,7-8,15H2,1H3. The van der Waals surface area contributed by atoms with Crippen molar-refractivity contribution in [3.8, 4) is 5.75 Å². The van der Waals surface area contributed by atoms with Gasteiger partial charge in [-0.25, -0.2) is 4.39 Å². The van der Waals surface area contributed by atoms with Crippen molar-refractivity contribution in [1.29, 1.82) is 0 Å². The Morgan fingerprint density at radius 1 is 1.47 bits per heavy atom. The molecule has 1 aliphatic heterocycles. The number of thioether (sulfide) groups is 1. The highest BCUT2D eigenvalue weighted by atomic mass is 32.2.